The second-order valence-corrected chi connectivity index (χ2v) is 4.73. The Bertz CT molecular complexity index is 301. The molecular formula is C13H21NO. The van der Waals surface area contributed by atoms with Gasteiger partial charge >= 0.3 is 0 Å². The van der Waals surface area contributed by atoms with Crippen LogP contribution in [-0.4, -0.2) is 13.7 Å². The van der Waals surface area contributed by atoms with Gasteiger partial charge in [-0.05, 0) is 18.1 Å². The van der Waals surface area contributed by atoms with Crippen LogP contribution in [0.5, 0.6) is 0 Å². The fourth-order valence-electron chi connectivity index (χ4n) is 1.68. The summed E-state index contributed by atoms with van der Waals surface area (Å²) in [4.78, 5) is 0. The number of rotatable bonds is 4. The molecule has 0 aromatic heterocycles. The van der Waals surface area contributed by atoms with E-state index in [-0.39, 0.29) is 11.5 Å². The van der Waals surface area contributed by atoms with E-state index in [0.29, 0.717) is 0 Å². The molecule has 1 atom stereocenters. The first kappa shape index (κ1) is 12.2. The Morgan fingerprint density at radius 1 is 1.27 bits per heavy atom. The Kier molecular flexibility index (Phi) is 3.89. The molecule has 0 amide bonds. The molecule has 0 saturated carbocycles. The Morgan fingerprint density at radius 3 is 2.20 bits per heavy atom. The quantitative estimate of drug-likeness (QED) is 0.823. The summed E-state index contributed by atoms with van der Waals surface area (Å²) in [5, 5.41) is 0. The number of hydrogen-bond acceptors (Lipinski definition) is 2. The maximum Gasteiger partial charge on any atom is 0.0553 e. The average molecular weight is 207 g/mol. The molecule has 0 bridgehead atoms. The minimum absolute atomic E-state index is 0.0606. The highest BCUT2D eigenvalue weighted by Gasteiger charge is 2.20. The van der Waals surface area contributed by atoms with Crippen LogP contribution in [0.1, 0.15) is 37.9 Å². The summed E-state index contributed by atoms with van der Waals surface area (Å²) < 4.78 is 5.21. The minimum Gasteiger partial charge on any atom is -0.384 e. The normalized spacial score (nSPS) is 13.9. The van der Waals surface area contributed by atoms with Gasteiger partial charge in [0.1, 0.15) is 0 Å². The zero-order chi connectivity index (χ0) is 11.5. The number of nitrogens with two attached hydrogens (primary N) is 1. The summed E-state index contributed by atoms with van der Waals surface area (Å²) in [5.74, 6) is 0. The molecule has 2 nitrogen and oxygen atoms in total. The van der Waals surface area contributed by atoms with Gasteiger partial charge in [0.25, 0.3) is 0 Å². The molecule has 2 heteroatoms. The predicted molar refractivity (Wildman–Crippen MR) is 63.9 cm³/mol. The molecule has 0 fully saturated rings. The lowest BCUT2D eigenvalue weighted by molar-refractivity contribution is 0.146. The molecule has 0 saturated heterocycles. The number of ether oxygens (including phenoxy) is 1. The topological polar surface area (TPSA) is 35.2 Å². The molecule has 84 valence electrons. The third-order valence-corrected chi connectivity index (χ3v) is 2.72. The summed E-state index contributed by atoms with van der Waals surface area (Å²) in [6.45, 7) is 7.08. The SMILES string of the molecule is COCC(C)(C)c1ccc(C(C)N)cc1. The van der Waals surface area contributed by atoms with Gasteiger partial charge < -0.3 is 10.5 Å². The van der Waals surface area contributed by atoms with Crippen molar-refractivity contribution in [2.45, 2.75) is 32.2 Å². The van der Waals surface area contributed by atoms with Crippen molar-refractivity contribution in [1.29, 1.82) is 0 Å². The smallest absolute Gasteiger partial charge is 0.0553 e. The van der Waals surface area contributed by atoms with Crippen molar-refractivity contribution in [3.8, 4) is 0 Å². The monoisotopic (exact) mass is 207 g/mol. The molecule has 1 aromatic carbocycles. The summed E-state index contributed by atoms with van der Waals surface area (Å²) in [6.07, 6.45) is 0. The molecular weight excluding hydrogens is 186 g/mol. The Hall–Kier alpha value is -0.860. The molecule has 2 N–H and O–H groups in total. The van der Waals surface area contributed by atoms with Gasteiger partial charge in [-0.3, -0.25) is 0 Å². The van der Waals surface area contributed by atoms with Crippen LogP contribution in [0.15, 0.2) is 24.3 Å². The lowest BCUT2D eigenvalue weighted by Gasteiger charge is -2.24. The van der Waals surface area contributed by atoms with Gasteiger partial charge in [0.05, 0.1) is 6.61 Å². The molecule has 1 unspecified atom stereocenters. The van der Waals surface area contributed by atoms with Gasteiger partial charge in [-0.25, -0.2) is 0 Å². The number of hydrogen-bond donors (Lipinski definition) is 1. The number of benzene rings is 1. The first-order valence-electron chi connectivity index (χ1n) is 5.32. The molecule has 0 aliphatic carbocycles. The molecule has 0 aliphatic rings. The van der Waals surface area contributed by atoms with Crippen molar-refractivity contribution >= 4 is 0 Å². The summed E-state index contributed by atoms with van der Waals surface area (Å²) >= 11 is 0. The Balaban J connectivity index is 2.88. The molecule has 0 aliphatic heterocycles. The summed E-state index contributed by atoms with van der Waals surface area (Å²) in [6, 6.07) is 8.56. The fourth-order valence-corrected chi connectivity index (χ4v) is 1.68. The third kappa shape index (κ3) is 3.05. The van der Waals surface area contributed by atoms with Crippen LogP contribution in [0.25, 0.3) is 0 Å². The Labute approximate surface area is 92.4 Å². The van der Waals surface area contributed by atoms with E-state index < -0.39 is 0 Å². The average Bonchev–Trinajstić information content (AvgIpc) is 2.18. The molecule has 1 rings (SSSR count). The fraction of sp³-hybridized carbons (Fsp3) is 0.538. The zero-order valence-electron chi connectivity index (χ0n) is 10.1. The lowest BCUT2D eigenvalue weighted by atomic mass is 9.85. The molecule has 0 radical (unpaired) electrons. The second-order valence-electron chi connectivity index (χ2n) is 4.73. The van der Waals surface area contributed by atoms with E-state index in [0.717, 1.165) is 6.61 Å². The van der Waals surface area contributed by atoms with Gasteiger partial charge in [0.15, 0.2) is 0 Å². The number of methoxy groups -OCH3 is 1. The van der Waals surface area contributed by atoms with E-state index in [9.17, 15) is 0 Å². The molecule has 1 aromatic rings. The van der Waals surface area contributed by atoms with E-state index in [2.05, 4.69) is 38.1 Å². The van der Waals surface area contributed by atoms with Gasteiger partial charge in [-0.2, -0.15) is 0 Å². The van der Waals surface area contributed by atoms with Crippen molar-refractivity contribution in [2.75, 3.05) is 13.7 Å². The lowest BCUT2D eigenvalue weighted by Crippen LogP contribution is -2.23. The molecule has 0 heterocycles. The Morgan fingerprint density at radius 2 is 1.80 bits per heavy atom. The van der Waals surface area contributed by atoms with Gasteiger partial charge in [0, 0.05) is 18.6 Å². The summed E-state index contributed by atoms with van der Waals surface area (Å²) in [7, 11) is 1.73. The van der Waals surface area contributed by atoms with Gasteiger partial charge in [-0.1, -0.05) is 38.1 Å². The van der Waals surface area contributed by atoms with Crippen LogP contribution < -0.4 is 5.73 Å². The zero-order valence-corrected chi connectivity index (χ0v) is 10.1. The van der Waals surface area contributed by atoms with Crippen molar-refractivity contribution in [2.24, 2.45) is 5.73 Å². The highest BCUT2D eigenvalue weighted by atomic mass is 16.5. The van der Waals surface area contributed by atoms with Crippen molar-refractivity contribution in [3.05, 3.63) is 35.4 Å². The van der Waals surface area contributed by atoms with Gasteiger partial charge in [0.2, 0.25) is 0 Å². The van der Waals surface area contributed by atoms with Crippen molar-refractivity contribution in [3.63, 3.8) is 0 Å². The van der Waals surface area contributed by atoms with Crippen LogP contribution in [0.4, 0.5) is 0 Å². The first-order chi connectivity index (χ1) is 6.97. The van der Waals surface area contributed by atoms with Crippen LogP contribution >= 0.6 is 0 Å². The minimum atomic E-state index is 0.0606. The highest BCUT2D eigenvalue weighted by molar-refractivity contribution is 5.29. The highest BCUT2D eigenvalue weighted by Crippen LogP contribution is 2.24. The van der Waals surface area contributed by atoms with Crippen molar-refractivity contribution in [1.82, 2.24) is 0 Å². The van der Waals surface area contributed by atoms with Gasteiger partial charge in [-0.15, -0.1) is 0 Å². The largest absolute Gasteiger partial charge is 0.384 e. The van der Waals surface area contributed by atoms with Crippen LogP contribution in [0.2, 0.25) is 0 Å². The van der Waals surface area contributed by atoms with Crippen LogP contribution in [0, 0.1) is 0 Å². The van der Waals surface area contributed by atoms with E-state index in [4.69, 9.17) is 10.5 Å². The van der Waals surface area contributed by atoms with Crippen molar-refractivity contribution < 1.29 is 4.74 Å². The maximum absolute atomic E-state index is 5.81. The molecule has 0 spiro atoms. The van der Waals surface area contributed by atoms with Crippen LogP contribution in [-0.2, 0) is 10.2 Å². The second kappa shape index (κ2) is 4.77. The first-order valence-corrected chi connectivity index (χ1v) is 5.32. The van der Waals surface area contributed by atoms with Crippen LogP contribution in [0.3, 0.4) is 0 Å². The summed E-state index contributed by atoms with van der Waals surface area (Å²) in [5.41, 5.74) is 8.33. The maximum atomic E-state index is 5.81. The van der Waals surface area contributed by atoms with E-state index >= 15 is 0 Å². The standard InChI is InChI=1S/C13H21NO/c1-10(14)11-5-7-12(8-6-11)13(2,3)9-15-4/h5-8,10H,9,14H2,1-4H3. The van der Waals surface area contributed by atoms with E-state index in [1.54, 1.807) is 7.11 Å². The molecule has 15 heavy (non-hydrogen) atoms. The van der Waals surface area contributed by atoms with E-state index in [1.807, 2.05) is 6.92 Å². The van der Waals surface area contributed by atoms with E-state index in [1.165, 1.54) is 11.1 Å². The third-order valence-electron chi connectivity index (χ3n) is 2.72. The predicted octanol–water partition coefficient (Wildman–Crippen LogP) is 2.63.